The second kappa shape index (κ2) is 8.52. The molecule has 1 N–H and O–H groups in total. The van der Waals surface area contributed by atoms with Gasteiger partial charge in [-0.15, -0.1) is 0 Å². The van der Waals surface area contributed by atoms with Crippen molar-refractivity contribution in [2.24, 2.45) is 5.92 Å². The number of rotatable bonds is 5. The van der Waals surface area contributed by atoms with Crippen LogP contribution in [0.3, 0.4) is 0 Å². The Labute approximate surface area is 138 Å². The predicted octanol–water partition coefficient (Wildman–Crippen LogP) is 2.32. The van der Waals surface area contributed by atoms with Gasteiger partial charge >= 0.3 is 12.1 Å². The molecule has 1 aliphatic carbocycles. The molecule has 1 saturated heterocycles. The molecule has 2 rings (SSSR count). The fraction of sp³-hybridized carbons (Fsp3) is 0.882. The van der Waals surface area contributed by atoms with Crippen molar-refractivity contribution in [1.82, 2.24) is 10.2 Å². The molecule has 6 heteroatoms. The summed E-state index contributed by atoms with van der Waals surface area (Å²) >= 11 is 0. The standard InChI is InChI=1S/C17H30N2O4/c1-12(2)11-22-16(20)15-9-14(10-19(15)3)23-17(21)18-13-7-5-4-6-8-13/h12-15H,4-11H2,1-3H3,(H,18,21). The van der Waals surface area contributed by atoms with E-state index in [0.717, 1.165) is 12.8 Å². The molecule has 0 spiro atoms. The zero-order valence-electron chi connectivity index (χ0n) is 14.5. The van der Waals surface area contributed by atoms with Crippen LogP contribution in [-0.2, 0) is 14.3 Å². The number of nitrogens with one attached hydrogen (secondary N) is 1. The molecule has 1 amide bonds. The Balaban J connectivity index is 1.74. The summed E-state index contributed by atoms with van der Waals surface area (Å²) < 4.78 is 10.8. The Morgan fingerprint density at radius 3 is 2.57 bits per heavy atom. The molecule has 0 aromatic heterocycles. The Bertz CT molecular complexity index is 407. The number of carbonyl (C=O) groups is 2. The maximum absolute atomic E-state index is 12.1. The fourth-order valence-electron chi connectivity index (χ4n) is 3.26. The molecule has 2 fully saturated rings. The maximum atomic E-state index is 12.1. The van der Waals surface area contributed by atoms with E-state index in [4.69, 9.17) is 9.47 Å². The Kier molecular flexibility index (Phi) is 6.69. The van der Waals surface area contributed by atoms with Crippen molar-refractivity contribution in [3.8, 4) is 0 Å². The van der Waals surface area contributed by atoms with Crippen molar-refractivity contribution in [2.45, 2.75) is 70.6 Å². The van der Waals surface area contributed by atoms with Crippen LogP contribution in [0.25, 0.3) is 0 Å². The first kappa shape index (κ1) is 18.0. The molecule has 2 unspecified atom stereocenters. The summed E-state index contributed by atoms with van der Waals surface area (Å²) in [5, 5.41) is 2.95. The van der Waals surface area contributed by atoms with E-state index in [0.29, 0.717) is 25.5 Å². The topological polar surface area (TPSA) is 67.9 Å². The average Bonchev–Trinajstić information content (AvgIpc) is 2.86. The lowest BCUT2D eigenvalue weighted by Gasteiger charge is -2.23. The third kappa shape index (κ3) is 5.68. The van der Waals surface area contributed by atoms with Crippen LogP contribution in [0, 0.1) is 5.92 Å². The van der Waals surface area contributed by atoms with Crippen LogP contribution in [0.5, 0.6) is 0 Å². The van der Waals surface area contributed by atoms with Crippen LogP contribution >= 0.6 is 0 Å². The van der Waals surface area contributed by atoms with Gasteiger partial charge in [0.25, 0.3) is 0 Å². The summed E-state index contributed by atoms with van der Waals surface area (Å²) in [7, 11) is 1.86. The van der Waals surface area contributed by atoms with Gasteiger partial charge in [-0.2, -0.15) is 0 Å². The second-order valence-corrected chi connectivity index (χ2v) is 7.22. The SMILES string of the molecule is CC(C)COC(=O)C1CC(OC(=O)NC2CCCCC2)CN1C. The maximum Gasteiger partial charge on any atom is 0.407 e. The summed E-state index contributed by atoms with van der Waals surface area (Å²) in [5.74, 6) is 0.0963. The highest BCUT2D eigenvalue weighted by Gasteiger charge is 2.37. The Morgan fingerprint density at radius 2 is 1.91 bits per heavy atom. The molecular weight excluding hydrogens is 296 g/mol. The highest BCUT2D eigenvalue weighted by Crippen LogP contribution is 2.21. The quantitative estimate of drug-likeness (QED) is 0.785. The molecule has 1 heterocycles. The van der Waals surface area contributed by atoms with Crippen molar-refractivity contribution in [3.63, 3.8) is 0 Å². The summed E-state index contributed by atoms with van der Waals surface area (Å²) in [6.45, 7) is 5.01. The number of nitrogens with zero attached hydrogens (tertiary/aromatic N) is 1. The number of esters is 1. The van der Waals surface area contributed by atoms with E-state index in [-0.39, 0.29) is 30.3 Å². The van der Waals surface area contributed by atoms with E-state index in [2.05, 4.69) is 5.32 Å². The van der Waals surface area contributed by atoms with E-state index >= 15 is 0 Å². The average molecular weight is 326 g/mol. The number of amides is 1. The number of hydrogen-bond donors (Lipinski definition) is 1. The third-order valence-electron chi connectivity index (χ3n) is 4.54. The molecule has 2 aliphatic rings. The minimum absolute atomic E-state index is 0.222. The molecule has 0 aromatic carbocycles. The van der Waals surface area contributed by atoms with E-state index in [9.17, 15) is 9.59 Å². The molecule has 1 aliphatic heterocycles. The highest BCUT2D eigenvalue weighted by molar-refractivity contribution is 5.76. The zero-order chi connectivity index (χ0) is 16.8. The van der Waals surface area contributed by atoms with Crippen molar-refractivity contribution in [2.75, 3.05) is 20.2 Å². The lowest BCUT2D eigenvalue weighted by molar-refractivity contribution is -0.149. The number of hydrogen-bond acceptors (Lipinski definition) is 5. The number of carbonyl (C=O) groups excluding carboxylic acids is 2. The Hall–Kier alpha value is -1.30. The number of ether oxygens (including phenoxy) is 2. The summed E-state index contributed by atoms with van der Waals surface area (Å²) in [6.07, 6.45) is 5.55. The predicted molar refractivity (Wildman–Crippen MR) is 87.1 cm³/mol. The molecule has 0 radical (unpaired) electrons. The van der Waals surface area contributed by atoms with Gasteiger partial charge in [0.15, 0.2) is 0 Å². The molecule has 23 heavy (non-hydrogen) atoms. The van der Waals surface area contributed by atoms with Crippen molar-refractivity contribution < 1.29 is 19.1 Å². The second-order valence-electron chi connectivity index (χ2n) is 7.22. The molecular formula is C17H30N2O4. The molecule has 132 valence electrons. The van der Waals surface area contributed by atoms with Crippen LogP contribution in [0.15, 0.2) is 0 Å². The van der Waals surface area contributed by atoms with Crippen molar-refractivity contribution >= 4 is 12.1 Å². The summed E-state index contributed by atoms with van der Waals surface area (Å²) in [5.41, 5.74) is 0. The smallest absolute Gasteiger partial charge is 0.407 e. The summed E-state index contributed by atoms with van der Waals surface area (Å²) in [4.78, 5) is 26.0. The van der Waals surface area contributed by atoms with E-state index in [1.807, 2.05) is 25.8 Å². The van der Waals surface area contributed by atoms with Gasteiger partial charge in [-0.05, 0) is 25.8 Å². The largest absolute Gasteiger partial charge is 0.464 e. The van der Waals surface area contributed by atoms with Crippen LogP contribution in [0.1, 0.15) is 52.4 Å². The van der Waals surface area contributed by atoms with Crippen LogP contribution in [0.2, 0.25) is 0 Å². The number of likely N-dealkylation sites (N-methyl/N-ethyl adjacent to an activating group) is 1. The van der Waals surface area contributed by atoms with Gasteiger partial charge < -0.3 is 14.8 Å². The number of alkyl carbamates (subject to hydrolysis) is 1. The minimum Gasteiger partial charge on any atom is -0.464 e. The molecule has 2 atom stereocenters. The normalized spacial score (nSPS) is 26.3. The highest BCUT2D eigenvalue weighted by atomic mass is 16.6. The van der Waals surface area contributed by atoms with Gasteiger partial charge in [-0.3, -0.25) is 9.69 Å². The first-order chi connectivity index (χ1) is 11.0. The third-order valence-corrected chi connectivity index (χ3v) is 4.54. The zero-order valence-corrected chi connectivity index (χ0v) is 14.5. The fourth-order valence-corrected chi connectivity index (χ4v) is 3.26. The van der Waals surface area contributed by atoms with E-state index in [1.165, 1.54) is 19.3 Å². The van der Waals surface area contributed by atoms with Gasteiger partial charge in [0.2, 0.25) is 0 Å². The van der Waals surface area contributed by atoms with E-state index < -0.39 is 0 Å². The van der Waals surface area contributed by atoms with Gasteiger partial charge in [0.1, 0.15) is 12.1 Å². The molecule has 0 bridgehead atoms. The molecule has 1 saturated carbocycles. The van der Waals surface area contributed by atoms with Crippen molar-refractivity contribution in [3.05, 3.63) is 0 Å². The van der Waals surface area contributed by atoms with Crippen LogP contribution < -0.4 is 5.32 Å². The van der Waals surface area contributed by atoms with Gasteiger partial charge in [-0.1, -0.05) is 33.1 Å². The molecule has 6 nitrogen and oxygen atoms in total. The molecule has 0 aromatic rings. The first-order valence-corrected chi connectivity index (χ1v) is 8.79. The van der Waals surface area contributed by atoms with E-state index in [1.54, 1.807) is 0 Å². The lowest BCUT2D eigenvalue weighted by atomic mass is 9.96. The van der Waals surface area contributed by atoms with Crippen molar-refractivity contribution in [1.29, 1.82) is 0 Å². The van der Waals surface area contributed by atoms with Gasteiger partial charge in [0.05, 0.1) is 6.61 Å². The van der Waals surface area contributed by atoms with Crippen LogP contribution in [-0.4, -0.2) is 55.3 Å². The van der Waals surface area contributed by atoms with Gasteiger partial charge in [0, 0.05) is 19.0 Å². The van der Waals surface area contributed by atoms with Gasteiger partial charge in [-0.25, -0.2) is 4.79 Å². The number of likely N-dealkylation sites (tertiary alicyclic amines) is 1. The van der Waals surface area contributed by atoms with Crippen LogP contribution in [0.4, 0.5) is 4.79 Å². The summed E-state index contributed by atoms with van der Waals surface area (Å²) in [6, 6.07) is -0.0802. The lowest BCUT2D eigenvalue weighted by Crippen LogP contribution is -2.38. The Morgan fingerprint density at radius 1 is 1.22 bits per heavy atom. The first-order valence-electron chi connectivity index (χ1n) is 8.79. The monoisotopic (exact) mass is 326 g/mol. The minimum atomic E-state index is -0.355.